The summed E-state index contributed by atoms with van der Waals surface area (Å²) in [6.07, 6.45) is 3.44. The van der Waals surface area contributed by atoms with Gasteiger partial charge >= 0.3 is 0 Å². The average molecular weight is 437 g/mol. The molecule has 2 aromatic carbocycles. The van der Waals surface area contributed by atoms with Crippen LogP contribution in [0.5, 0.6) is 0 Å². The molecule has 0 aliphatic heterocycles. The third-order valence-electron chi connectivity index (χ3n) is 5.63. The summed E-state index contributed by atoms with van der Waals surface area (Å²) >= 11 is 1.44. The fourth-order valence-electron chi connectivity index (χ4n) is 3.95. The number of hydrogen-bond acceptors (Lipinski definition) is 3. The Morgan fingerprint density at radius 2 is 1.81 bits per heavy atom. The first-order chi connectivity index (χ1) is 15.0. The van der Waals surface area contributed by atoms with E-state index < -0.39 is 11.7 Å². The van der Waals surface area contributed by atoms with Crippen molar-refractivity contribution in [1.29, 1.82) is 0 Å². The number of carbonyl (C=O) groups is 2. The van der Waals surface area contributed by atoms with Crippen molar-refractivity contribution in [1.82, 2.24) is 5.32 Å². The van der Waals surface area contributed by atoms with Gasteiger partial charge in [0, 0.05) is 11.4 Å². The molecular weight excluding hydrogens is 411 g/mol. The molecule has 2 N–H and O–H groups in total. The van der Waals surface area contributed by atoms with Crippen LogP contribution >= 0.6 is 11.3 Å². The van der Waals surface area contributed by atoms with Crippen LogP contribution in [0.2, 0.25) is 0 Å². The number of halogens is 1. The summed E-state index contributed by atoms with van der Waals surface area (Å²) in [6, 6.07) is 15.8. The third-order valence-corrected chi connectivity index (χ3v) is 6.80. The summed E-state index contributed by atoms with van der Waals surface area (Å²) in [5.74, 6) is -0.769. The zero-order valence-electron chi connectivity index (χ0n) is 17.4. The standard InChI is InChI=1S/C25H25FN2O2S/c1-16-11-12-19-21(15-16)31-25(28-23(29)18-9-5-6-10-20(18)26)22(19)24(30)27-14-13-17-7-3-2-4-8-17/h2-10,16H,11-15H2,1H3,(H,27,30)(H,28,29)/t16-/m1/s1. The Hall–Kier alpha value is -2.99. The van der Waals surface area contributed by atoms with Gasteiger partial charge in [-0.15, -0.1) is 11.3 Å². The van der Waals surface area contributed by atoms with Crippen LogP contribution in [0.3, 0.4) is 0 Å². The van der Waals surface area contributed by atoms with Gasteiger partial charge < -0.3 is 10.6 Å². The van der Waals surface area contributed by atoms with E-state index >= 15 is 0 Å². The van der Waals surface area contributed by atoms with Gasteiger partial charge in [-0.05, 0) is 54.9 Å². The molecule has 1 aliphatic carbocycles. The zero-order chi connectivity index (χ0) is 21.8. The van der Waals surface area contributed by atoms with Gasteiger partial charge in [-0.3, -0.25) is 9.59 Å². The molecule has 4 rings (SSSR count). The highest BCUT2D eigenvalue weighted by molar-refractivity contribution is 7.17. The van der Waals surface area contributed by atoms with Crippen molar-refractivity contribution in [2.75, 3.05) is 11.9 Å². The predicted octanol–water partition coefficient (Wildman–Crippen LogP) is 5.24. The van der Waals surface area contributed by atoms with Crippen molar-refractivity contribution in [3.05, 3.63) is 87.5 Å². The first-order valence-corrected chi connectivity index (χ1v) is 11.4. The molecule has 0 unspecified atom stereocenters. The van der Waals surface area contributed by atoms with Gasteiger partial charge in [-0.2, -0.15) is 0 Å². The smallest absolute Gasteiger partial charge is 0.259 e. The molecule has 160 valence electrons. The van der Waals surface area contributed by atoms with Crippen LogP contribution in [-0.2, 0) is 19.3 Å². The molecule has 0 radical (unpaired) electrons. The highest BCUT2D eigenvalue weighted by Crippen LogP contribution is 2.39. The van der Waals surface area contributed by atoms with Gasteiger partial charge in [0.2, 0.25) is 0 Å². The minimum atomic E-state index is -0.580. The zero-order valence-corrected chi connectivity index (χ0v) is 18.2. The van der Waals surface area contributed by atoms with E-state index in [9.17, 15) is 14.0 Å². The van der Waals surface area contributed by atoms with Crippen LogP contribution in [-0.4, -0.2) is 18.4 Å². The molecule has 1 heterocycles. The number of fused-ring (bicyclic) bond motifs is 1. The molecule has 4 nitrogen and oxygen atoms in total. The monoisotopic (exact) mass is 436 g/mol. The first-order valence-electron chi connectivity index (χ1n) is 10.6. The second-order valence-corrected chi connectivity index (χ2v) is 9.09. The number of hydrogen-bond donors (Lipinski definition) is 2. The van der Waals surface area contributed by atoms with Crippen LogP contribution in [0.15, 0.2) is 54.6 Å². The molecule has 0 fully saturated rings. The van der Waals surface area contributed by atoms with E-state index in [1.165, 1.54) is 23.5 Å². The van der Waals surface area contributed by atoms with Crippen LogP contribution in [0.4, 0.5) is 9.39 Å². The van der Waals surface area contributed by atoms with Crippen LogP contribution in [0, 0.1) is 11.7 Å². The molecule has 0 saturated heterocycles. The Morgan fingerprint density at radius 3 is 2.58 bits per heavy atom. The quantitative estimate of drug-likeness (QED) is 0.555. The summed E-state index contributed by atoms with van der Waals surface area (Å²) in [7, 11) is 0. The van der Waals surface area contributed by atoms with Gasteiger partial charge in [0.05, 0.1) is 11.1 Å². The summed E-state index contributed by atoms with van der Waals surface area (Å²) in [5.41, 5.74) is 2.67. The van der Waals surface area contributed by atoms with E-state index in [1.807, 2.05) is 30.3 Å². The summed E-state index contributed by atoms with van der Waals surface area (Å²) < 4.78 is 14.1. The Morgan fingerprint density at radius 1 is 1.06 bits per heavy atom. The maximum Gasteiger partial charge on any atom is 0.259 e. The second kappa shape index (κ2) is 9.43. The summed E-state index contributed by atoms with van der Waals surface area (Å²) in [6.45, 7) is 2.70. The summed E-state index contributed by atoms with van der Waals surface area (Å²) in [5, 5.41) is 6.31. The number of amides is 2. The fraction of sp³-hybridized carbons (Fsp3) is 0.280. The Kier molecular flexibility index (Phi) is 6.47. The molecule has 0 spiro atoms. The molecule has 2 amide bonds. The summed E-state index contributed by atoms with van der Waals surface area (Å²) in [4.78, 5) is 27.0. The third kappa shape index (κ3) is 4.85. The van der Waals surface area contributed by atoms with Crippen molar-refractivity contribution in [3.8, 4) is 0 Å². The van der Waals surface area contributed by atoms with E-state index in [0.717, 1.165) is 41.7 Å². The topological polar surface area (TPSA) is 58.2 Å². The lowest BCUT2D eigenvalue weighted by Gasteiger charge is -2.18. The number of nitrogens with one attached hydrogen (secondary N) is 2. The molecule has 31 heavy (non-hydrogen) atoms. The Bertz CT molecular complexity index is 1090. The van der Waals surface area contributed by atoms with E-state index in [1.54, 1.807) is 12.1 Å². The molecule has 1 atom stereocenters. The molecule has 6 heteroatoms. The fourth-order valence-corrected chi connectivity index (χ4v) is 5.35. The average Bonchev–Trinajstić information content (AvgIpc) is 3.11. The van der Waals surface area contributed by atoms with Crippen LogP contribution in [0.25, 0.3) is 0 Å². The van der Waals surface area contributed by atoms with Crippen molar-refractivity contribution in [2.45, 2.75) is 32.6 Å². The van der Waals surface area contributed by atoms with Gasteiger partial charge in [0.1, 0.15) is 10.8 Å². The first kappa shape index (κ1) is 21.2. The second-order valence-electron chi connectivity index (χ2n) is 7.98. The number of benzene rings is 2. The molecule has 1 aliphatic rings. The Labute approximate surface area is 185 Å². The van der Waals surface area contributed by atoms with Crippen molar-refractivity contribution < 1.29 is 14.0 Å². The van der Waals surface area contributed by atoms with Gasteiger partial charge in [0.25, 0.3) is 11.8 Å². The van der Waals surface area contributed by atoms with Crippen molar-refractivity contribution in [3.63, 3.8) is 0 Å². The van der Waals surface area contributed by atoms with Crippen LogP contribution < -0.4 is 10.6 Å². The molecule has 1 aromatic heterocycles. The van der Waals surface area contributed by atoms with Gasteiger partial charge in [-0.25, -0.2) is 4.39 Å². The number of carbonyl (C=O) groups excluding carboxylic acids is 2. The highest BCUT2D eigenvalue weighted by Gasteiger charge is 2.28. The van der Waals surface area contributed by atoms with E-state index in [2.05, 4.69) is 17.6 Å². The Balaban J connectivity index is 1.56. The van der Waals surface area contributed by atoms with Gasteiger partial charge in [-0.1, -0.05) is 49.4 Å². The van der Waals surface area contributed by atoms with E-state index in [0.29, 0.717) is 23.0 Å². The maximum atomic E-state index is 14.1. The van der Waals surface area contributed by atoms with Gasteiger partial charge in [0.15, 0.2) is 0 Å². The normalized spacial score (nSPS) is 15.2. The molecule has 0 bridgehead atoms. The lowest BCUT2D eigenvalue weighted by Crippen LogP contribution is -2.28. The minimum Gasteiger partial charge on any atom is -0.352 e. The largest absolute Gasteiger partial charge is 0.352 e. The lowest BCUT2D eigenvalue weighted by molar-refractivity contribution is 0.0954. The number of anilines is 1. The van der Waals surface area contributed by atoms with Crippen LogP contribution in [0.1, 0.15) is 50.1 Å². The van der Waals surface area contributed by atoms with Crippen molar-refractivity contribution >= 4 is 28.2 Å². The lowest BCUT2D eigenvalue weighted by atomic mass is 9.88. The maximum absolute atomic E-state index is 14.1. The molecule has 0 saturated carbocycles. The number of rotatable bonds is 6. The van der Waals surface area contributed by atoms with E-state index in [4.69, 9.17) is 0 Å². The highest BCUT2D eigenvalue weighted by atomic mass is 32.1. The van der Waals surface area contributed by atoms with E-state index in [-0.39, 0.29) is 11.5 Å². The molecule has 3 aromatic rings. The SMILES string of the molecule is C[C@@H]1CCc2c(sc(NC(=O)c3ccccc3F)c2C(=O)NCCc2ccccc2)C1. The molecular formula is C25H25FN2O2S. The predicted molar refractivity (Wildman–Crippen MR) is 122 cm³/mol. The van der Waals surface area contributed by atoms with Crippen molar-refractivity contribution in [2.24, 2.45) is 5.92 Å². The minimum absolute atomic E-state index is 0.0299. The number of thiophene rings is 1.